The Morgan fingerprint density at radius 3 is 2.39 bits per heavy atom. The minimum atomic E-state index is -0.0822. The molecule has 0 amide bonds. The number of allylic oxidation sites excluding steroid dienone is 10. The van der Waals surface area contributed by atoms with Gasteiger partial charge in [-0.2, -0.15) is 0 Å². The highest BCUT2D eigenvalue weighted by atomic mass is 15.2. The summed E-state index contributed by atoms with van der Waals surface area (Å²) >= 11 is 0. The first-order valence-corrected chi connectivity index (χ1v) is 18.3. The molecule has 1 heterocycles. The van der Waals surface area contributed by atoms with Crippen molar-refractivity contribution in [3.8, 4) is 0 Å². The first-order valence-electron chi connectivity index (χ1n) is 18.3. The number of hydrogen-bond donors (Lipinski definition) is 0. The third kappa shape index (κ3) is 4.75. The molecule has 5 aliphatic carbocycles. The Labute approximate surface area is 291 Å². The van der Waals surface area contributed by atoms with E-state index in [1.54, 1.807) is 5.57 Å². The molecule has 9 rings (SSSR count). The maximum atomic E-state index is 4.15. The molecule has 0 radical (unpaired) electrons. The number of para-hydroxylation sites is 2. The second kappa shape index (κ2) is 11.4. The maximum Gasteiger partial charge on any atom is 0.0563 e. The normalized spacial score (nSPS) is 25.2. The molecule has 3 aromatic carbocycles. The van der Waals surface area contributed by atoms with Gasteiger partial charge in [-0.05, 0) is 109 Å². The van der Waals surface area contributed by atoms with Crippen molar-refractivity contribution in [2.75, 3.05) is 4.90 Å². The SMILES string of the molecule is C=C1C=CC(c2ccc(N(c3ccccc3)C3C=C4C(=CC3)C3(C)CC=C(n5c6c(c7ccccc75)CCC=C6)C=C3C4(C)C)cc2)CC1. The highest BCUT2D eigenvalue weighted by Gasteiger charge is 2.53. The van der Waals surface area contributed by atoms with Crippen molar-refractivity contribution in [1.29, 1.82) is 0 Å². The van der Waals surface area contributed by atoms with Crippen LogP contribution in [0.3, 0.4) is 0 Å². The van der Waals surface area contributed by atoms with Crippen molar-refractivity contribution < 1.29 is 0 Å². The number of nitrogens with zero attached hydrogens (tertiary/aromatic N) is 2. The predicted octanol–water partition coefficient (Wildman–Crippen LogP) is 12.3. The molecule has 4 aromatic rings. The lowest BCUT2D eigenvalue weighted by Gasteiger charge is -2.36. The molecule has 0 bridgehead atoms. The van der Waals surface area contributed by atoms with Crippen LogP contribution in [0.1, 0.15) is 75.6 Å². The molecule has 0 N–H and O–H groups in total. The summed E-state index contributed by atoms with van der Waals surface area (Å²) in [6.45, 7) is 11.6. The second-order valence-corrected chi connectivity index (χ2v) is 15.5. The van der Waals surface area contributed by atoms with Crippen LogP contribution in [0.4, 0.5) is 11.4 Å². The fraction of sp³-hybridized carbons (Fsp3) is 0.277. The lowest BCUT2D eigenvalue weighted by Crippen LogP contribution is -2.32. The Morgan fingerprint density at radius 1 is 0.816 bits per heavy atom. The van der Waals surface area contributed by atoms with E-state index >= 15 is 0 Å². The molecule has 0 saturated heterocycles. The summed E-state index contributed by atoms with van der Waals surface area (Å²) in [5.41, 5.74) is 15.1. The highest BCUT2D eigenvalue weighted by Crippen LogP contribution is 2.64. The molecule has 5 aliphatic rings. The smallest absolute Gasteiger partial charge is 0.0563 e. The van der Waals surface area contributed by atoms with Gasteiger partial charge in [0.1, 0.15) is 0 Å². The number of benzene rings is 3. The fourth-order valence-corrected chi connectivity index (χ4v) is 9.68. The quantitative estimate of drug-likeness (QED) is 0.211. The number of aryl methyl sites for hydroxylation is 1. The minimum Gasteiger partial charge on any atom is -0.334 e. The summed E-state index contributed by atoms with van der Waals surface area (Å²) in [4.78, 5) is 2.56. The van der Waals surface area contributed by atoms with E-state index in [-0.39, 0.29) is 16.9 Å². The molecular formula is C47H46N2. The van der Waals surface area contributed by atoms with E-state index in [9.17, 15) is 0 Å². The Kier molecular flexibility index (Phi) is 7.02. The zero-order chi connectivity index (χ0) is 33.3. The second-order valence-electron chi connectivity index (χ2n) is 15.5. The van der Waals surface area contributed by atoms with Gasteiger partial charge < -0.3 is 9.47 Å². The highest BCUT2D eigenvalue weighted by molar-refractivity contribution is 5.93. The van der Waals surface area contributed by atoms with Crippen LogP contribution in [0.5, 0.6) is 0 Å². The van der Waals surface area contributed by atoms with Gasteiger partial charge in [0.25, 0.3) is 0 Å². The van der Waals surface area contributed by atoms with E-state index in [1.807, 2.05) is 0 Å². The van der Waals surface area contributed by atoms with E-state index in [2.05, 4.69) is 164 Å². The molecule has 3 atom stereocenters. The standard InChI is InChI=1S/C47H46N2/c1-32-18-20-33(21-19-32)34-22-24-36(25-23-34)48(35-12-6-5-7-13-35)37-26-27-41-42(30-37)46(2,3)45-31-38(28-29-47(41,45)4)49-43-16-10-8-14-39(43)40-15-9-11-17-44(40)49/h5-8,10-14,16-18,20,22-25,27-28,30-31,33,37H,1,9,15,19,21,26,29H2,2-4H3. The average molecular weight is 639 g/mol. The van der Waals surface area contributed by atoms with Crippen LogP contribution in [0.15, 0.2) is 150 Å². The number of hydrogen-bond acceptors (Lipinski definition) is 1. The van der Waals surface area contributed by atoms with E-state index in [0.29, 0.717) is 5.92 Å². The number of aromatic nitrogens is 1. The van der Waals surface area contributed by atoms with Crippen LogP contribution in [-0.2, 0) is 6.42 Å². The monoisotopic (exact) mass is 638 g/mol. The van der Waals surface area contributed by atoms with Gasteiger partial charge in [-0.3, -0.25) is 0 Å². The zero-order valence-corrected chi connectivity index (χ0v) is 29.1. The van der Waals surface area contributed by atoms with Gasteiger partial charge in [0, 0.05) is 44.9 Å². The van der Waals surface area contributed by atoms with Crippen molar-refractivity contribution in [2.45, 2.75) is 71.3 Å². The fourth-order valence-electron chi connectivity index (χ4n) is 9.68. The zero-order valence-electron chi connectivity index (χ0n) is 29.1. The summed E-state index contributed by atoms with van der Waals surface area (Å²) in [6, 6.07) is 29.6. The molecule has 0 aliphatic heterocycles. The van der Waals surface area contributed by atoms with Gasteiger partial charge in [-0.15, -0.1) is 0 Å². The topological polar surface area (TPSA) is 8.17 Å². The van der Waals surface area contributed by atoms with Crippen LogP contribution in [0, 0.1) is 10.8 Å². The van der Waals surface area contributed by atoms with E-state index in [4.69, 9.17) is 0 Å². The summed E-state index contributed by atoms with van der Waals surface area (Å²) in [5, 5.41) is 1.40. The summed E-state index contributed by atoms with van der Waals surface area (Å²) in [6.07, 6.45) is 26.0. The Morgan fingerprint density at radius 2 is 1.59 bits per heavy atom. The van der Waals surface area contributed by atoms with Gasteiger partial charge in [-0.1, -0.05) is 118 Å². The van der Waals surface area contributed by atoms with Crippen LogP contribution in [0.2, 0.25) is 0 Å². The molecule has 1 aromatic heterocycles. The number of anilines is 2. The Balaban J connectivity index is 1.10. The molecule has 0 spiro atoms. The van der Waals surface area contributed by atoms with E-state index in [1.165, 1.54) is 61.5 Å². The van der Waals surface area contributed by atoms with Crippen molar-refractivity contribution in [1.82, 2.24) is 4.57 Å². The van der Waals surface area contributed by atoms with Crippen LogP contribution in [0.25, 0.3) is 22.7 Å². The van der Waals surface area contributed by atoms with Crippen LogP contribution < -0.4 is 4.90 Å². The molecule has 3 unspecified atom stereocenters. The third-order valence-corrected chi connectivity index (χ3v) is 12.2. The Bertz CT molecular complexity index is 2180. The maximum absolute atomic E-state index is 4.15. The van der Waals surface area contributed by atoms with Gasteiger partial charge >= 0.3 is 0 Å². The van der Waals surface area contributed by atoms with E-state index < -0.39 is 0 Å². The molecule has 2 heteroatoms. The lowest BCUT2D eigenvalue weighted by molar-refractivity contribution is 0.447. The third-order valence-electron chi connectivity index (χ3n) is 12.2. The molecular weight excluding hydrogens is 593 g/mol. The van der Waals surface area contributed by atoms with E-state index in [0.717, 1.165) is 38.5 Å². The summed E-state index contributed by atoms with van der Waals surface area (Å²) in [5.74, 6) is 0.466. The molecule has 2 nitrogen and oxygen atoms in total. The molecule has 1 saturated carbocycles. The van der Waals surface area contributed by atoms with Gasteiger partial charge in [0.2, 0.25) is 0 Å². The molecule has 244 valence electrons. The van der Waals surface area contributed by atoms with Crippen LogP contribution in [-0.4, -0.2) is 10.6 Å². The largest absolute Gasteiger partial charge is 0.334 e. The molecule has 49 heavy (non-hydrogen) atoms. The van der Waals surface area contributed by atoms with Crippen LogP contribution >= 0.6 is 0 Å². The first-order chi connectivity index (χ1) is 23.8. The van der Waals surface area contributed by atoms with Gasteiger partial charge in [0.05, 0.1) is 11.6 Å². The predicted molar refractivity (Wildman–Crippen MR) is 208 cm³/mol. The first kappa shape index (κ1) is 30.3. The lowest BCUT2D eigenvalue weighted by atomic mass is 9.71. The van der Waals surface area contributed by atoms with Crippen molar-refractivity contribution >= 4 is 34.1 Å². The average Bonchev–Trinajstić information content (AvgIpc) is 3.55. The van der Waals surface area contributed by atoms with Gasteiger partial charge in [0.15, 0.2) is 0 Å². The van der Waals surface area contributed by atoms with Gasteiger partial charge in [-0.25, -0.2) is 0 Å². The number of fused-ring (bicyclic) bond motifs is 6. The van der Waals surface area contributed by atoms with Crippen molar-refractivity contribution in [3.05, 3.63) is 167 Å². The summed E-state index contributed by atoms with van der Waals surface area (Å²) < 4.78 is 2.54. The number of rotatable bonds is 5. The van der Waals surface area contributed by atoms with Crippen molar-refractivity contribution in [3.63, 3.8) is 0 Å². The Hall–Kier alpha value is -4.82. The van der Waals surface area contributed by atoms with Crippen molar-refractivity contribution in [2.24, 2.45) is 10.8 Å². The molecule has 1 fully saturated rings. The summed E-state index contributed by atoms with van der Waals surface area (Å²) in [7, 11) is 0. The minimum absolute atomic E-state index is 0.000697.